The zero-order chi connectivity index (χ0) is 17.4. The van der Waals surface area contributed by atoms with Gasteiger partial charge < -0.3 is 16.0 Å². The van der Waals surface area contributed by atoms with Crippen molar-refractivity contribution in [2.24, 2.45) is 4.99 Å². The molecule has 0 saturated heterocycles. The van der Waals surface area contributed by atoms with Gasteiger partial charge in [0.25, 0.3) is 5.69 Å². The number of aryl methyl sites for hydroxylation is 1. The SMILES string of the molecule is CN=C(NCCNc1ccccc1[N+](=O)[O-])NCc1sccc1C.I. The summed E-state index contributed by atoms with van der Waals surface area (Å²) in [4.78, 5) is 16.0. The van der Waals surface area contributed by atoms with Crippen molar-refractivity contribution in [3.8, 4) is 0 Å². The van der Waals surface area contributed by atoms with E-state index in [2.05, 4.69) is 39.3 Å². The molecule has 0 spiro atoms. The smallest absolute Gasteiger partial charge is 0.292 e. The number of nitrogens with one attached hydrogen (secondary N) is 3. The molecule has 7 nitrogen and oxygen atoms in total. The molecule has 1 aromatic carbocycles. The summed E-state index contributed by atoms with van der Waals surface area (Å²) in [6.45, 7) is 3.94. The summed E-state index contributed by atoms with van der Waals surface area (Å²) in [6, 6.07) is 8.70. The highest BCUT2D eigenvalue weighted by Crippen LogP contribution is 2.22. The van der Waals surface area contributed by atoms with Crippen LogP contribution in [0.1, 0.15) is 10.4 Å². The number of nitrogens with zero attached hydrogens (tertiary/aromatic N) is 2. The average Bonchev–Trinajstić information content (AvgIpc) is 2.99. The number of thiophene rings is 1. The van der Waals surface area contributed by atoms with Crippen LogP contribution in [0.3, 0.4) is 0 Å². The number of guanidine groups is 1. The first-order chi connectivity index (χ1) is 11.6. The third-order valence-corrected chi connectivity index (χ3v) is 4.46. The normalized spacial score (nSPS) is 10.7. The first kappa shape index (κ1) is 21.2. The van der Waals surface area contributed by atoms with Crippen LogP contribution >= 0.6 is 35.3 Å². The van der Waals surface area contributed by atoms with Crippen LogP contribution < -0.4 is 16.0 Å². The highest BCUT2D eigenvalue weighted by molar-refractivity contribution is 14.0. The van der Waals surface area contributed by atoms with Crippen molar-refractivity contribution in [1.29, 1.82) is 0 Å². The second-order valence-corrected chi connectivity index (χ2v) is 6.08. The quantitative estimate of drug-likeness (QED) is 0.143. The van der Waals surface area contributed by atoms with E-state index < -0.39 is 0 Å². The number of para-hydroxylation sites is 2. The van der Waals surface area contributed by atoms with E-state index >= 15 is 0 Å². The first-order valence-electron chi connectivity index (χ1n) is 7.56. The molecule has 0 saturated carbocycles. The van der Waals surface area contributed by atoms with Gasteiger partial charge in [-0.25, -0.2) is 0 Å². The van der Waals surface area contributed by atoms with Gasteiger partial charge >= 0.3 is 0 Å². The Morgan fingerprint density at radius 3 is 2.64 bits per heavy atom. The molecule has 1 aromatic heterocycles. The van der Waals surface area contributed by atoms with Gasteiger partial charge in [-0.2, -0.15) is 0 Å². The maximum atomic E-state index is 11.0. The molecule has 2 rings (SSSR count). The van der Waals surface area contributed by atoms with Gasteiger partial charge in [-0.05, 0) is 30.0 Å². The molecule has 1 heterocycles. The lowest BCUT2D eigenvalue weighted by Crippen LogP contribution is -2.39. The van der Waals surface area contributed by atoms with Crippen LogP contribution in [0.4, 0.5) is 11.4 Å². The lowest BCUT2D eigenvalue weighted by atomic mass is 10.2. The van der Waals surface area contributed by atoms with E-state index in [-0.39, 0.29) is 34.6 Å². The van der Waals surface area contributed by atoms with E-state index in [1.54, 1.807) is 36.6 Å². The van der Waals surface area contributed by atoms with Crippen molar-refractivity contribution in [1.82, 2.24) is 10.6 Å². The van der Waals surface area contributed by atoms with Crippen LogP contribution in [0.5, 0.6) is 0 Å². The van der Waals surface area contributed by atoms with E-state index in [4.69, 9.17) is 0 Å². The van der Waals surface area contributed by atoms with Gasteiger partial charge in [0, 0.05) is 31.1 Å². The Morgan fingerprint density at radius 1 is 1.24 bits per heavy atom. The summed E-state index contributed by atoms with van der Waals surface area (Å²) in [7, 11) is 1.71. The maximum absolute atomic E-state index is 11.0. The Kier molecular flexibility index (Phi) is 9.21. The topological polar surface area (TPSA) is 91.6 Å². The molecular formula is C16H22IN5O2S. The fourth-order valence-electron chi connectivity index (χ4n) is 2.13. The van der Waals surface area contributed by atoms with Gasteiger partial charge in [0.1, 0.15) is 5.69 Å². The highest BCUT2D eigenvalue weighted by Gasteiger charge is 2.11. The summed E-state index contributed by atoms with van der Waals surface area (Å²) in [5, 5.41) is 22.5. The minimum Gasteiger partial charge on any atom is -0.378 e. The second-order valence-electron chi connectivity index (χ2n) is 5.08. The van der Waals surface area contributed by atoms with Crippen molar-refractivity contribution >= 4 is 52.6 Å². The van der Waals surface area contributed by atoms with Crippen molar-refractivity contribution in [3.63, 3.8) is 0 Å². The maximum Gasteiger partial charge on any atom is 0.292 e. The number of hydrogen-bond acceptors (Lipinski definition) is 5. The third kappa shape index (κ3) is 6.50. The van der Waals surface area contributed by atoms with Gasteiger partial charge in [0.05, 0.1) is 11.5 Å². The van der Waals surface area contributed by atoms with Gasteiger partial charge in [0.2, 0.25) is 0 Å². The van der Waals surface area contributed by atoms with Crippen molar-refractivity contribution in [2.75, 3.05) is 25.5 Å². The number of anilines is 1. The minimum absolute atomic E-state index is 0. The molecule has 0 aliphatic carbocycles. The Balaban J connectivity index is 0.00000312. The summed E-state index contributed by atoms with van der Waals surface area (Å²) in [5.41, 5.74) is 1.86. The number of rotatable bonds is 7. The molecular weight excluding hydrogens is 453 g/mol. The summed E-state index contributed by atoms with van der Waals surface area (Å²) < 4.78 is 0. The molecule has 2 aromatic rings. The Bertz CT molecular complexity index is 720. The first-order valence-corrected chi connectivity index (χ1v) is 8.44. The Hall–Kier alpha value is -1.88. The zero-order valence-corrected chi connectivity index (χ0v) is 17.3. The van der Waals surface area contributed by atoms with E-state index in [1.807, 2.05) is 0 Å². The molecule has 3 N–H and O–H groups in total. The number of nitro benzene ring substituents is 1. The summed E-state index contributed by atoms with van der Waals surface area (Å²) in [5.74, 6) is 0.701. The molecule has 0 aliphatic heterocycles. The van der Waals surface area contributed by atoms with Crippen LogP contribution in [0, 0.1) is 17.0 Å². The molecule has 0 amide bonds. The highest BCUT2D eigenvalue weighted by atomic mass is 127. The largest absolute Gasteiger partial charge is 0.378 e. The predicted molar refractivity (Wildman–Crippen MR) is 114 cm³/mol. The van der Waals surface area contributed by atoms with E-state index in [0.717, 1.165) is 6.54 Å². The van der Waals surface area contributed by atoms with E-state index in [0.29, 0.717) is 24.7 Å². The molecule has 0 aliphatic rings. The monoisotopic (exact) mass is 475 g/mol. The summed E-state index contributed by atoms with van der Waals surface area (Å²) >= 11 is 1.71. The molecule has 0 radical (unpaired) electrons. The predicted octanol–water partition coefficient (Wildman–Crippen LogP) is 3.36. The lowest BCUT2D eigenvalue weighted by Gasteiger charge is -2.12. The van der Waals surface area contributed by atoms with Gasteiger partial charge in [-0.1, -0.05) is 12.1 Å². The second kappa shape index (κ2) is 10.9. The third-order valence-electron chi connectivity index (χ3n) is 3.44. The van der Waals surface area contributed by atoms with Gasteiger partial charge in [-0.3, -0.25) is 15.1 Å². The molecule has 0 fully saturated rings. The zero-order valence-electron chi connectivity index (χ0n) is 14.1. The van der Waals surface area contributed by atoms with Crippen molar-refractivity contribution < 1.29 is 4.92 Å². The van der Waals surface area contributed by atoms with E-state index in [1.165, 1.54) is 16.5 Å². The van der Waals surface area contributed by atoms with Crippen LogP contribution in [-0.4, -0.2) is 31.0 Å². The van der Waals surface area contributed by atoms with Crippen LogP contribution in [0.15, 0.2) is 40.7 Å². The number of benzene rings is 1. The molecule has 0 bridgehead atoms. The van der Waals surface area contributed by atoms with Crippen molar-refractivity contribution in [2.45, 2.75) is 13.5 Å². The number of aliphatic imine (C=N–C) groups is 1. The standard InChI is InChI=1S/C16H21N5O2S.HI/c1-12-7-10-24-15(12)11-20-16(17-2)19-9-8-18-13-5-3-4-6-14(13)21(22)23;/h3-7,10,18H,8-9,11H2,1-2H3,(H2,17,19,20);1H. The lowest BCUT2D eigenvalue weighted by molar-refractivity contribution is -0.384. The van der Waals surface area contributed by atoms with Gasteiger partial charge in [-0.15, -0.1) is 35.3 Å². The van der Waals surface area contributed by atoms with Crippen LogP contribution in [0.25, 0.3) is 0 Å². The molecule has 0 unspecified atom stereocenters. The van der Waals surface area contributed by atoms with E-state index in [9.17, 15) is 10.1 Å². The number of halogens is 1. The van der Waals surface area contributed by atoms with Gasteiger partial charge in [0.15, 0.2) is 5.96 Å². The molecule has 25 heavy (non-hydrogen) atoms. The average molecular weight is 475 g/mol. The number of nitro groups is 1. The fourth-order valence-corrected chi connectivity index (χ4v) is 2.98. The number of hydrogen-bond donors (Lipinski definition) is 3. The fraction of sp³-hybridized carbons (Fsp3) is 0.312. The van der Waals surface area contributed by atoms with Crippen LogP contribution in [-0.2, 0) is 6.54 Å². The Morgan fingerprint density at radius 2 is 2.00 bits per heavy atom. The molecule has 0 atom stereocenters. The minimum atomic E-state index is -0.389. The Labute approximate surface area is 168 Å². The summed E-state index contributed by atoms with van der Waals surface area (Å²) in [6.07, 6.45) is 0. The van der Waals surface area contributed by atoms with Crippen molar-refractivity contribution in [3.05, 3.63) is 56.3 Å². The van der Waals surface area contributed by atoms with Crippen LogP contribution in [0.2, 0.25) is 0 Å². The molecule has 9 heteroatoms. The molecule has 136 valence electrons.